The minimum atomic E-state index is -1.10. The number of phenols is 1. The number of carbonyl (C=O) groups is 1. The summed E-state index contributed by atoms with van der Waals surface area (Å²) in [6.07, 6.45) is 0. The number of anilines is 1. The molecule has 0 atom stereocenters. The Morgan fingerprint density at radius 2 is 1.92 bits per heavy atom. The highest BCUT2D eigenvalue weighted by molar-refractivity contribution is 5.89. The third-order valence-corrected chi connectivity index (χ3v) is 1.19. The Morgan fingerprint density at radius 1 is 1.33 bits per heavy atom. The lowest BCUT2D eigenvalue weighted by atomic mass is 10.2. The predicted octanol–water partition coefficient (Wildman–Crippen LogP) is 1.09. The minimum absolute atomic E-state index is 0. The van der Waals surface area contributed by atoms with Gasteiger partial charge in [0.2, 0.25) is 0 Å². The largest absolute Gasteiger partial charge is 0.508 e. The van der Waals surface area contributed by atoms with Crippen molar-refractivity contribution in [2.45, 2.75) is 0 Å². The van der Waals surface area contributed by atoms with Crippen molar-refractivity contribution in [3.8, 4) is 5.75 Å². The van der Waals surface area contributed by atoms with Crippen molar-refractivity contribution < 1.29 is 15.0 Å². The van der Waals surface area contributed by atoms with E-state index in [-0.39, 0.29) is 29.4 Å². The summed E-state index contributed by atoms with van der Waals surface area (Å²) in [5.41, 5.74) is 5.50. The van der Waals surface area contributed by atoms with Gasteiger partial charge in [0.25, 0.3) is 0 Å². The fraction of sp³-hybridized carbons (Fsp3) is 0. The number of phenolic OH excluding ortho intramolecular Hbond substituents is 1. The number of carboxylic acids is 1. The second-order valence-electron chi connectivity index (χ2n) is 2.12. The van der Waals surface area contributed by atoms with E-state index in [0.717, 1.165) is 6.07 Å². The lowest BCUT2D eigenvalue weighted by Crippen LogP contribution is -1.97. The highest BCUT2D eigenvalue weighted by Crippen LogP contribution is 2.16. The molecule has 4 nitrogen and oxygen atoms in total. The van der Waals surface area contributed by atoms with E-state index >= 15 is 0 Å². The maximum Gasteiger partial charge on any atom is 0.335 e. The monoisotopic (exact) mass is 189 g/mol. The van der Waals surface area contributed by atoms with Crippen LogP contribution >= 0.6 is 12.4 Å². The molecule has 0 spiro atoms. The molecule has 0 bridgehead atoms. The Hall–Kier alpha value is -1.42. The van der Waals surface area contributed by atoms with Crippen molar-refractivity contribution in [1.29, 1.82) is 0 Å². The molecule has 66 valence electrons. The highest BCUT2D eigenvalue weighted by Gasteiger charge is 2.03. The summed E-state index contributed by atoms with van der Waals surface area (Å²) < 4.78 is 0. The Labute approximate surface area is 75.0 Å². The topological polar surface area (TPSA) is 83.5 Å². The molecule has 12 heavy (non-hydrogen) atoms. The summed E-state index contributed by atoms with van der Waals surface area (Å²) in [5.74, 6) is -1.24. The molecule has 0 radical (unpaired) electrons. The Kier molecular flexibility index (Phi) is 3.37. The van der Waals surface area contributed by atoms with Crippen LogP contribution < -0.4 is 5.73 Å². The number of benzene rings is 1. The molecule has 1 aromatic rings. The second kappa shape index (κ2) is 3.82. The zero-order valence-corrected chi connectivity index (χ0v) is 6.84. The summed E-state index contributed by atoms with van der Waals surface area (Å²) in [6.45, 7) is 0. The molecule has 5 heteroatoms. The first-order chi connectivity index (χ1) is 5.09. The van der Waals surface area contributed by atoms with Gasteiger partial charge in [0.05, 0.1) is 5.56 Å². The molecule has 4 N–H and O–H groups in total. The number of carboxylic acid groups (broad SMARTS) is 1. The molecule has 0 saturated heterocycles. The number of aromatic hydroxyl groups is 1. The highest BCUT2D eigenvalue weighted by atomic mass is 35.5. The number of nitrogens with two attached hydrogens (primary N) is 1. The fourth-order valence-corrected chi connectivity index (χ4v) is 0.758. The third kappa shape index (κ3) is 2.32. The smallest absolute Gasteiger partial charge is 0.335 e. The molecule has 0 aromatic heterocycles. The van der Waals surface area contributed by atoms with Gasteiger partial charge < -0.3 is 15.9 Å². The molecule has 0 unspecified atom stereocenters. The van der Waals surface area contributed by atoms with Crippen molar-refractivity contribution in [2.75, 3.05) is 5.73 Å². The predicted molar refractivity (Wildman–Crippen MR) is 46.7 cm³/mol. The lowest BCUT2D eigenvalue weighted by Gasteiger charge is -1.97. The summed E-state index contributed by atoms with van der Waals surface area (Å²) in [6, 6.07) is 3.70. The molecule has 0 heterocycles. The van der Waals surface area contributed by atoms with E-state index in [4.69, 9.17) is 15.9 Å². The van der Waals surface area contributed by atoms with Gasteiger partial charge in [-0.15, -0.1) is 12.4 Å². The van der Waals surface area contributed by atoms with E-state index in [1.54, 1.807) is 0 Å². The van der Waals surface area contributed by atoms with Crippen molar-refractivity contribution in [3.05, 3.63) is 23.8 Å². The fourth-order valence-electron chi connectivity index (χ4n) is 0.758. The van der Waals surface area contributed by atoms with Gasteiger partial charge in [-0.1, -0.05) is 0 Å². The lowest BCUT2D eigenvalue weighted by molar-refractivity contribution is 0.0696. The number of hydrogen-bond acceptors (Lipinski definition) is 3. The van der Waals surface area contributed by atoms with Crippen LogP contribution in [-0.2, 0) is 0 Å². The van der Waals surface area contributed by atoms with Gasteiger partial charge in [-0.05, 0) is 12.1 Å². The number of aromatic carboxylic acids is 1. The normalized spacial score (nSPS) is 8.67. The van der Waals surface area contributed by atoms with E-state index in [1.807, 2.05) is 0 Å². The van der Waals surface area contributed by atoms with Crippen molar-refractivity contribution in [1.82, 2.24) is 0 Å². The van der Waals surface area contributed by atoms with E-state index in [1.165, 1.54) is 12.1 Å². The zero-order chi connectivity index (χ0) is 8.43. The Balaban J connectivity index is 0.00000121. The molecular weight excluding hydrogens is 182 g/mol. The zero-order valence-electron chi connectivity index (χ0n) is 6.02. The van der Waals surface area contributed by atoms with Crippen LogP contribution in [0.25, 0.3) is 0 Å². The molecule has 0 aliphatic carbocycles. The van der Waals surface area contributed by atoms with Crippen LogP contribution in [0, 0.1) is 0 Å². The van der Waals surface area contributed by atoms with Gasteiger partial charge in [0.1, 0.15) is 5.75 Å². The SMILES string of the molecule is Cl.Nc1cc(O)cc(C(=O)O)c1. The molecular formula is C7H8ClNO3. The number of halogens is 1. The van der Waals surface area contributed by atoms with Crippen molar-refractivity contribution in [3.63, 3.8) is 0 Å². The van der Waals surface area contributed by atoms with Crippen LogP contribution in [-0.4, -0.2) is 16.2 Å². The van der Waals surface area contributed by atoms with Gasteiger partial charge >= 0.3 is 5.97 Å². The van der Waals surface area contributed by atoms with Crippen molar-refractivity contribution in [2.24, 2.45) is 0 Å². The summed E-state index contributed by atoms with van der Waals surface area (Å²) in [4.78, 5) is 10.3. The molecule has 0 aliphatic heterocycles. The maximum absolute atomic E-state index is 10.3. The van der Waals surface area contributed by atoms with Gasteiger partial charge in [-0.2, -0.15) is 0 Å². The molecule has 0 saturated carbocycles. The molecule has 0 amide bonds. The number of nitrogen functional groups attached to an aromatic ring is 1. The van der Waals surface area contributed by atoms with Gasteiger partial charge in [0, 0.05) is 11.8 Å². The first-order valence-corrected chi connectivity index (χ1v) is 2.92. The van der Waals surface area contributed by atoms with E-state index < -0.39 is 5.97 Å². The standard InChI is InChI=1S/C7H7NO3.ClH/c8-5-1-4(7(10)11)2-6(9)3-5;/h1-3,9H,8H2,(H,10,11);1H. The first kappa shape index (κ1) is 10.6. The van der Waals surface area contributed by atoms with Crippen LogP contribution in [0.5, 0.6) is 5.75 Å². The van der Waals surface area contributed by atoms with Crippen molar-refractivity contribution >= 4 is 24.1 Å². The second-order valence-corrected chi connectivity index (χ2v) is 2.12. The molecule has 1 aromatic carbocycles. The van der Waals surface area contributed by atoms with E-state index in [9.17, 15) is 4.79 Å². The molecule has 1 rings (SSSR count). The van der Waals surface area contributed by atoms with Gasteiger partial charge in [0.15, 0.2) is 0 Å². The molecule has 0 aliphatic rings. The van der Waals surface area contributed by atoms with Crippen LogP contribution in [0.3, 0.4) is 0 Å². The first-order valence-electron chi connectivity index (χ1n) is 2.92. The Bertz CT molecular complexity index is 280. The maximum atomic E-state index is 10.3. The average molecular weight is 190 g/mol. The van der Waals surface area contributed by atoms with Crippen LogP contribution in [0.2, 0.25) is 0 Å². The summed E-state index contributed by atoms with van der Waals surface area (Å²) in [7, 11) is 0. The number of rotatable bonds is 1. The number of hydrogen-bond donors (Lipinski definition) is 3. The van der Waals surface area contributed by atoms with Crippen LogP contribution in [0.15, 0.2) is 18.2 Å². The molecule has 0 fully saturated rings. The van der Waals surface area contributed by atoms with Crippen LogP contribution in [0.4, 0.5) is 5.69 Å². The minimum Gasteiger partial charge on any atom is -0.508 e. The van der Waals surface area contributed by atoms with Gasteiger partial charge in [-0.25, -0.2) is 4.79 Å². The average Bonchev–Trinajstić information content (AvgIpc) is 1.85. The van der Waals surface area contributed by atoms with E-state index in [0.29, 0.717) is 0 Å². The quantitative estimate of drug-likeness (QED) is 0.578. The Morgan fingerprint density at radius 3 is 2.33 bits per heavy atom. The summed E-state index contributed by atoms with van der Waals surface area (Å²) in [5, 5.41) is 17.4. The van der Waals surface area contributed by atoms with E-state index in [2.05, 4.69) is 0 Å². The van der Waals surface area contributed by atoms with Crippen LogP contribution in [0.1, 0.15) is 10.4 Å². The van der Waals surface area contributed by atoms with Gasteiger partial charge in [-0.3, -0.25) is 0 Å². The summed E-state index contributed by atoms with van der Waals surface area (Å²) >= 11 is 0. The third-order valence-electron chi connectivity index (χ3n) is 1.19.